The molecule has 1 N–H and O–H groups in total. The van der Waals surface area contributed by atoms with Crippen LogP contribution in [0.5, 0.6) is 0 Å². The van der Waals surface area contributed by atoms with Crippen LogP contribution in [0.15, 0.2) is 0 Å². The molecule has 80 valence electrons. The average Bonchev–Trinajstić information content (AvgIpc) is 2.40. The van der Waals surface area contributed by atoms with Gasteiger partial charge in [0.2, 0.25) is 5.91 Å². The first-order chi connectivity index (χ1) is 6.73. The highest BCUT2D eigenvalue weighted by Gasteiger charge is 2.51. The SMILES string of the molecule is CCC1NC(=O)CC1(CC)C1CCC1. The zero-order valence-electron chi connectivity index (χ0n) is 9.31. The summed E-state index contributed by atoms with van der Waals surface area (Å²) in [5.74, 6) is 1.10. The van der Waals surface area contributed by atoms with Crippen molar-refractivity contribution in [3.8, 4) is 0 Å². The van der Waals surface area contributed by atoms with Crippen LogP contribution < -0.4 is 5.32 Å². The third-order valence-corrected chi connectivity index (χ3v) is 4.50. The molecular formula is C12H21NO. The average molecular weight is 195 g/mol. The molecule has 1 saturated heterocycles. The van der Waals surface area contributed by atoms with Crippen LogP contribution in [-0.4, -0.2) is 11.9 Å². The third-order valence-electron chi connectivity index (χ3n) is 4.50. The van der Waals surface area contributed by atoms with E-state index >= 15 is 0 Å². The standard InChI is InChI=1S/C12H21NO/c1-3-10-12(4-2,8-11(14)13-10)9-6-5-7-9/h9-10H,3-8H2,1-2H3,(H,13,14). The first-order valence-corrected chi connectivity index (χ1v) is 6.02. The topological polar surface area (TPSA) is 29.1 Å². The van der Waals surface area contributed by atoms with Gasteiger partial charge in [0.05, 0.1) is 0 Å². The molecule has 1 aliphatic carbocycles. The molecule has 0 spiro atoms. The molecule has 2 heteroatoms. The number of carbonyl (C=O) groups excluding carboxylic acids is 1. The summed E-state index contributed by atoms with van der Waals surface area (Å²) in [5, 5.41) is 3.16. The van der Waals surface area contributed by atoms with E-state index in [1.807, 2.05) is 0 Å². The van der Waals surface area contributed by atoms with Gasteiger partial charge in [0.25, 0.3) is 0 Å². The maximum Gasteiger partial charge on any atom is 0.220 e. The van der Waals surface area contributed by atoms with Crippen molar-refractivity contribution < 1.29 is 4.79 Å². The summed E-state index contributed by atoms with van der Waals surface area (Å²) in [7, 11) is 0. The van der Waals surface area contributed by atoms with E-state index in [1.54, 1.807) is 0 Å². The molecule has 1 saturated carbocycles. The van der Waals surface area contributed by atoms with Gasteiger partial charge < -0.3 is 5.32 Å². The lowest BCUT2D eigenvalue weighted by molar-refractivity contribution is -0.120. The lowest BCUT2D eigenvalue weighted by Crippen LogP contribution is -2.44. The largest absolute Gasteiger partial charge is 0.353 e. The van der Waals surface area contributed by atoms with Crippen molar-refractivity contribution in [2.24, 2.45) is 11.3 Å². The van der Waals surface area contributed by atoms with Gasteiger partial charge in [0, 0.05) is 17.9 Å². The van der Waals surface area contributed by atoms with Crippen molar-refractivity contribution in [3.05, 3.63) is 0 Å². The lowest BCUT2D eigenvalue weighted by atomic mass is 9.60. The molecule has 1 aliphatic heterocycles. The maximum atomic E-state index is 11.5. The summed E-state index contributed by atoms with van der Waals surface area (Å²) in [6, 6.07) is 0.449. The van der Waals surface area contributed by atoms with Crippen molar-refractivity contribution in [3.63, 3.8) is 0 Å². The minimum absolute atomic E-state index is 0.283. The minimum Gasteiger partial charge on any atom is -0.353 e. The van der Waals surface area contributed by atoms with E-state index < -0.39 is 0 Å². The Balaban J connectivity index is 2.19. The first kappa shape index (κ1) is 10.0. The summed E-state index contributed by atoms with van der Waals surface area (Å²) in [5.41, 5.74) is 0.310. The van der Waals surface area contributed by atoms with Gasteiger partial charge >= 0.3 is 0 Å². The van der Waals surface area contributed by atoms with E-state index in [-0.39, 0.29) is 5.91 Å². The minimum atomic E-state index is 0.283. The van der Waals surface area contributed by atoms with Crippen molar-refractivity contribution >= 4 is 5.91 Å². The molecule has 2 rings (SSSR count). The van der Waals surface area contributed by atoms with Crippen LogP contribution >= 0.6 is 0 Å². The summed E-state index contributed by atoms with van der Waals surface area (Å²) in [6.45, 7) is 4.45. The Morgan fingerprint density at radius 1 is 1.43 bits per heavy atom. The molecule has 2 fully saturated rings. The Morgan fingerprint density at radius 3 is 2.57 bits per heavy atom. The summed E-state index contributed by atoms with van der Waals surface area (Å²) >= 11 is 0. The molecule has 2 atom stereocenters. The first-order valence-electron chi connectivity index (χ1n) is 6.02. The van der Waals surface area contributed by atoms with Gasteiger partial charge in [-0.05, 0) is 31.6 Å². The van der Waals surface area contributed by atoms with E-state index in [9.17, 15) is 4.79 Å². The number of hydrogen-bond donors (Lipinski definition) is 1. The predicted octanol–water partition coefficient (Wildman–Crippen LogP) is 2.48. The quantitative estimate of drug-likeness (QED) is 0.736. The van der Waals surface area contributed by atoms with Gasteiger partial charge in [-0.3, -0.25) is 4.79 Å². The molecule has 0 aromatic rings. The van der Waals surface area contributed by atoms with Crippen molar-refractivity contribution in [2.45, 2.75) is 58.4 Å². The normalized spacial score (nSPS) is 38.1. The molecule has 2 nitrogen and oxygen atoms in total. The second-order valence-electron chi connectivity index (χ2n) is 4.92. The molecule has 0 aromatic heterocycles. The zero-order valence-corrected chi connectivity index (χ0v) is 9.31. The summed E-state index contributed by atoms with van der Waals surface area (Å²) in [6.07, 6.45) is 7.10. The Morgan fingerprint density at radius 2 is 2.14 bits per heavy atom. The maximum absolute atomic E-state index is 11.5. The van der Waals surface area contributed by atoms with Crippen LogP contribution in [0.4, 0.5) is 0 Å². The third kappa shape index (κ3) is 1.27. The van der Waals surface area contributed by atoms with E-state index in [1.165, 1.54) is 19.3 Å². The molecule has 14 heavy (non-hydrogen) atoms. The fourth-order valence-corrected chi connectivity index (χ4v) is 3.39. The van der Waals surface area contributed by atoms with Crippen LogP contribution in [0.2, 0.25) is 0 Å². The van der Waals surface area contributed by atoms with Gasteiger partial charge in [0.15, 0.2) is 0 Å². The second-order valence-corrected chi connectivity index (χ2v) is 4.92. The number of nitrogens with one attached hydrogen (secondary N) is 1. The van der Waals surface area contributed by atoms with Gasteiger partial charge in [-0.15, -0.1) is 0 Å². The predicted molar refractivity (Wildman–Crippen MR) is 56.9 cm³/mol. The van der Waals surface area contributed by atoms with Crippen LogP contribution in [0.3, 0.4) is 0 Å². The molecule has 1 amide bonds. The zero-order chi connectivity index (χ0) is 10.2. The molecule has 2 aliphatic rings. The molecule has 0 bridgehead atoms. The van der Waals surface area contributed by atoms with E-state index in [4.69, 9.17) is 0 Å². The van der Waals surface area contributed by atoms with Crippen LogP contribution in [0.25, 0.3) is 0 Å². The molecule has 0 radical (unpaired) electrons. The highest BCUT2D eigenvalue weighted by Crippen LogP contribution is 2.51. The highest BCUT2D eigenvalue weighted by molar-refractivity contribution is 5.80. The number of carbonyl (C=O) groups is 1. The van der Waals surface area contributed by atoms with Crippen molar-refractivity contribution in [1.29, 1.82) is 0 Å². The monoisotopic (exact) mass is 195 g/mol. The fraction of sp³-hybridized carbons (Fsp3) is 0.917. The van der Waals surface area contributed by atoms with E-state index in [2.05, 4.69) is 19.2 Å². The number of rotatable bonds is 3. The number of amides is 1. The lowest BCUT2D eigenvalue weighted by Gasteiger charge is -2.45. The molecule has 2 unspecified atom stereocenters. The second kappa shape index (κ2) is 3.56. The highest BCUT2D eigenvalue weighted by atomic mass is 16.2. The van der Waals surface area contributed by atoms with Crippen LogP contribution in [0.1, 0.15) is 52.4 Å². The van der Waals surface area contributed by atoms with Gasteiger partial charge in [0.1, 0.15) is 0 Å². The fourth-order valence-electron chi connectivity index (χ4n) is 3.39. The Labute approximate surface area is 86.5 Å². The molecule has 1 heterocycles. The Hall–Kier alpha value is -0.530. The summed E-state index contributed by atoms with van der Waals surface area (Å²) in [4.78, 5) is 11.5. The van der Waals surface area contributed by atoms with Gasteiger partial charge in [-0.1, -0.05) is 20.3 Å². The van der Waals surface area contributed by atoms with E-state index in [0.717, 1.165) is 25.2 Å². The van der Waals surface area contributed by atoms with Crippen molar-refractivity contribution in [1.82, 2.24) is 5.32 Å². The summed E-state index contributed by atoms with van der Waals surface area (Å²) < 4.78 is 0. The Kier molecular flexibility index (Phi) is 2.54. The van der Waals surface area contributed by atoms with E-state index in [0.29, 0.717) is 11.5 Å². The van der Waals surface area contributed by atoms with Gasteiger partial charge in [-0.25, -0.2) is 0 Å². The molecular weight excluding hydrogens is 174 g/mol. The van der Waals surface area contributed by atoms with Crippen LogP contribution in [0, 0.1) is 11.3 Å². The number of hydrogen-bond acceptors (Lipinski definition) is 1. The van der Waals surface area contributed by atoms with Gasteiger partial charge in [-0.2, -0.15) is 0 Å². The Bertz CT molecular complexity index is 234. The van der Waals surface area contributed by atoms with Crippen molar-refractivity contribution in [2.75, 3.05) is 0 Å². The smallest absolute Gasteiger partial charge is 0.220 e. The van der Waals surface area contributed by atoms with Crippen LogP contribution in [-0.2, 0) is 4.79 Å². The molecule has 0 aromatic carbocycles.